The Balaban J connectivity index is 1.76. The zero-order valence-electron chi connectivity index (χ0n) is 14.5. The Morgan fingerprint density at radius 1 is 1.48 bits per heavy atom. The van der Waals surface area contributed by atoms with Crippen molar-refractivity contribution < 1.29 is 9.53 Å². The van der Waals surface area contributed by atoms with Gasteiger partial charge in [0.25, 0.3) is 0 Å². The minimum absolute atomic E-state index is 0.0394. The maximum absolute atomic E-state index is 12.9. The number of anilines is 1. The molecular weight excluding hydrogens is 340 g/mol. The highest BCUT2D eigenvalue weighted by Crippen LogP contribution is 2.32. The van der Waals surface area contributed by atoms with Crippen LogP contribution in [0.1, 0.15) is 24.8 Å². The molecule has 2 heterocycles. The third kappa shape index (κ3) is 4.14. The summed E-state index contributed by atoms with van der Waals surface area (Å²) in [6, 6.07) is 5.28. The topological polar surface area (TPSA) is 68.2 Å². The lowest BCUT2D eigenvalue weighted by Gasteiger charge is -2.18. The van der Waals surface area contributed by atoms with Gasteiger partial charge in [0.15, 0.2) is 0 Å². The minimum atomic E-state index is -0.165. The van der Waals surface area contributed by atoms with E-state index in [-0.39, 0.29) is 17.7 Å². The van der Waals surface area contributed by atoms with E-state index >= 15 is 0 Å². The molecule has 2 N–H and O–H groups in total. The van der Waals surface area contributed by atoms with Gasteiger partial charge in [0.1, 0.15) is 5.75 Å². The first-order valence-corrected chi connectivity index (χ1v) is 8.88. The molecule has 1 aromatic carbocycles. The predicted octanol–water partition coefficient (Wildman–Crippen LogP) is 2.80. The van der Waals surface area contributed by atoms with Crippen LogP contribution in [-0.4, -0.2) is 35.4 Å². The number of nitrogens with one attached hydrogen (secondary N) is 2. The molecular formula is C18H23ClN4O2. The summed E-state index contributed by atoms with van der Waals surface area (Å²) in [6.45, 7) is 4.03. The first kappa shape index (κ1) is 17.8. The van der Waals surface area contributed by atoms with Crippen molar-refractivity contribution in [1.82, 2.24) is 15.1 Å². The molecule has 1 saturated heterocycles. The van der Waals surface area contributed by atoms with Gasteiger partial charge in [0.05, 0.1) is 24.4 Å². The van der Waals surface area contributed by atoms with Crippen LogP contribution < -0.4 is 15.4 Å². The van der Waals surface area contributed by atoms with Crippen molar-refractivity contribution in [2.75, 3.05) is 25.0 Å². The molecule has 1 aliphatic rings. The fraction of sp³-hybridized carbons (Fsp3) is 0.444. The second-order valence-corrected chi connectivity index (χ2v) is 6.73. The minimum Gasteiger partial charge on any atom is -0.491 e. The number of aromatic nitrogens is 2. The summed E-state index contributed by atoms with van der Waals surface area (Å²) in [4.78, 5) is 12.9. The molecule has 1 fully saturated rings. The second-order valence-electron chi connectivity index (χ2n) is 6.30. The Bertz CT molecular complexity index is 746. The molecule has 0 bridgehead atoms. The number of rotatable bonds is 6. The van der Waals surface area contributed by atoms with Gasteiger partial charge >= 0.3 is 0 Å². The van der Waals surface area contributed by atoms with E-state index in [1.807, 2.05) is 26.4 Å². The van der Waals surface area contributed by atoms with Crippen LogP contribution in [0.3, 0.4) is 0 Å². The molecule has 0 spiro atoms. The van der Waals surface area contributed by atoms with E-state index < -0.39 is 0 Å². The summed E-state index contributed by atoms with van der Waals surface area (Å²) in [6.07, 6.45) is 4.69. The molecule has 0 radical (unpaired) electrons. The number of benzene rings is 1. The molecule has 6 nitrogen and oxygen atoms in total. The van der Waals surface area contributed by atoms with Gasteiger partial charge in [-0.05, 0) is 30.2 Å². The summed E-state index contributed by atoms with van der Waals surface area (Å²) in [5.41, 5.74) is 1.68. The SMILES string of the molecule is CCCOc1ccc(Cl)cc1NC(=O)[C@H]1CNC[C@@H]1c1cnn(C)c1. The van der Waals surface area contributed by atoms with Crippen LogP contribution in [-0.2, 0) is 11.8 Å². The van der Waals surface area contributed by atoms with Gasteiger partial charge in [0, 0.05) is 37.3 Å². The maximum Gasteiger partial charge on any atom is 0.229 e. The van der Waals surface area contributed by atoms with E-state index in [9.17, 15) is 4.79 Å². The molecule has 0 unspecified atom stereocenters. The van der Waals surface area contributed by atoms with Crippen LogP contribution in [0.25, 0.3) is 0 Å². The van der Waals surface area contributed by atoms with E-state index in [1.54, 1.807) is 22.9 Å². The molecule has 3 rings (SSSR count). The first-order valence-electron chi connectivity index (χ1n) is 8.51. The number of carbonyl (C=O) groups excluding carboxylic acids is 1. The Morgan fingerprint density at radius 2 is 2.32 bits per heavy atom. The van der Waals surface area contributed by atoms with Crippen molar-refractivity contribution in [2.24, 2.45) is 13.0 Å². The number of aryl methyl sites for hydroxylation is 1. The van der Waals surface area contributed by atoms with E-state index in [4.69, 9.17) is 16.3 Å². The summed E-state index contributed by atoms with van der Waals surface area (Å²) in [5, 5.41) is 11.1. The summed E-state index contributed by atoms with van der Waals surface area (Å²) in [5.74, 6) is 0.543. The van der Waals surface area contributed by atoms with Crippen molar-refractivity contribution in [2.45, 2.75) is 19.3 Å². The number of amides is 1. The highest BCUT2D eigenvalue weighted by Gasteiger charge is 2.35. The van der Waals surface area contributed by atoms with Crippen LogP contribution in [0.5, 0.6) is 5.75 Å². The fourth-order valence-corrected chi connectivity index (χ4v) is 3.27. The maximum atomic E-state index is 12.9. The van der Waals surface area contributed by atoms with Gasteiger partial charge in [-0.15, -0.1) is 0 Å². The predicted molar refractivity (Wildman–Crippen MR) is 98.2 cm³/mol. The highest BCUT2D eigenvalue weighted by molar-refractivity contribution is 6.31. The second kappa shape index (κ2) is 7.89. The number of nitrogens with zero attached hydrogens (tertiary/aromatic N) is 2. The monoisotopic (exact) mass is 362 g/mol. The van der Waals surface area contributed by atoms with E-state index in [2.05, 4.69) is 15.7 Å². The number of carbonyl (C=O) groups is 1. The summed E-state index contributed by atoms with van der Waals surface area (Å²) in [7, 11) is 1.88. The third-order valence-corrected chi connectivity index (χ3v) is 4.60. The third-order valence-electron chi connectivity index (χ3n) is 4.37. The molecule has 1 amide bonds. The lowest BCUT2D eigenvalue weighted by atomic mass is 9.90. The molecule has 25 heavy (non-hydrogen) atoms. The number of hydrogen-bond donors (Lipinski definition) is 2. The summed E-state index contributed by atoms with van der Waals surface area (Å²) < 4.78 is 7.48. The number of ether oxygens (including phenoxy) is 1. The molecule has 2 aromatic rings. The quantitative estimate of drug-likeness (QED) is 0.829. The molecule has 1 aliphatic heterocycles. The van der Waals surface area contributed by atoms with Gasteiger partial charge < -0.3 is 15.4 Å². The Kier molecular flexibility index (Phi) is 5.60. The van der Waals surface area contributed by atoms with Crippen molar-refractivity contribution in [3.8, 4) is 5.75 Å². The number of halogens is 1. The van der Waals surface area contributed by atoms with Gasteiger partial charge in [-0.3, -0.25) is 9.48 Å². The molecule has 134 valence electrons. The number of hydrogen-bond acceptors (Lipinski definition) is 4. The van der Waals surface area contributed by atoms with E-state index in [0.29, 0.717) is 29.6 Å². The Hall–Kier alpha value is -2.05. The highest BCUT2D eigenvalue weighted by atomic mass is 35.5. The zero-order valence-corrected chi connectivity index (χ0v) is 15.2. The van der Waals surface area contributed by atoms with Crippen LogP contribution in [0.4, 0.5) is 5.69 Å². The van der Waals surface area contributed by atoms with Gasteiger partial charge in [-0.2, -0.15) is 5.10 Å². The lowest BCUT2D eigenvalue weighted by Crippen LogP contribution is -2.28. The van der Waals surface area contributed by atoms with Crippen LogP contribution in [0.2, 0.25) is 5.02 Å². The van der Waals surface area contributed by atoms with Crippen molar-refractivity contribution in [3.05, 3.63) is 41.2 Å². The Labute approximate surface area is 152 Å². The van der Waals surface area contributed by atoms with Crippen molar-refractivity contribution in [3.63, 3.8) is 0 Å². The lowest BCUT2D eigenvalue weighted by molar-refractivity contribution is -0.119. The molecule has 0 saturated carbocycles. The van der Waals surface area contributed by atoms with Gasteiger partial charge in [0.2, 0.25) is 5.91 Å². The molecule has 7 heteroatoms. The standard InChI is InChI=1S/C18H23ClN4O2/c1-3-6-25-17-5-4-13(19)7-16(17)22-18(24)15-10-20-9-14(15)12-8-21-23(2)11-12/h4-5,7-8,11,14-15,20H,3,6,9-10H2,1-2H3,(H,22,24)/t14-,15+/m1/s1. The summed E-state index contributed by atoms with van der Waals surface area (Å²) >= 11 is 6.09. The fourth-order valence-electron chi connectivity index (χ4n) is 3.10. The van der Waals surface area contributed by atoms with Crippen molar-refractivity contribution in [1.29, 1.82) is 0 Å². The van der Waals surface area contributed by atoms with Crippen LogP contribution in [0.15, 0.2) is 30.6 Å². The largest absolute Gasteiger partial charge is 0.491 e. The molecule has 1 aromatic heterocycles. The average molecular weight is 363 g/mol. The zero-order chi connectivity index (χ0) is 17.8. The Morgan fingerprint density at radius 3 is 3.04 bits per heavy atom. The van der Waals surface area contributed by atoms with Crippen molar-refractivity contribution >= 4 is 23.2 Å². The first-order chi connectivity index (χ1) is 12.1. The van der Waals surface area contributed by atoms with E-state index in [1.165, 1.54) is 0 Å². The average Bonchev–Trinajstić information content (AvgIpc) is 3.22. The smallest absolute Gasteiger partial charge is 0.229 e. The van der Waals surface area contributed by atoms with Gasteiger partial charge in [-0.25, -0.2) is 0 Å². The van der Waals surface area contributed by atoms with Gasteiger partial charge in [-0.1, -0.05) is 18.5 Å². The van der Waals surface area contributed by atoms with Crippen LogP contribution >= 0.6 is 11.6 Å². The normalized spacial score (nSPS) is 19.8. The molecule has 2 atom stereocenters. The van der Waals surface area contributed by atoms with Crippen LogP contribution in [0, 0.1) is 5.92 Å². The van der Waals surface area contributed by atoms with E-state index in [0.717, 1.165) is 18.5 Å². The molecule has 0 aliphatic carbocycles.